The lowest BCUT2D eigenvalue weighted by molar-refractivity contribution is -0.139. The summed E-state index contributed by atoms with van der Waals surface area (Å²) < 4.78 is 27.4. The number of carbonyl (C=O) groups is 1. The molecule has 1 aromatic rings. The number of carbonyl (C=O) groups excluding carboxylic acids is 1. The lowest BCUT2D eigenvalue weighted by Crippen LogP contribution is -2.46. The summed E-state index contributed by atoms with van der Waals surface area (Å²) >= 11 is 0. The van der Waals surface area contributed by atoms with Gasteiger partial charge in [0.05, 0.1) is 0 Å². The molecule has 3 aliphatic rings. The highest BCUT2D eigenvalue weighted by atomic mass is 32.2. The molecule has 0 radical (unpaired) electrons. The van der Waals surface area contributed by atoms with Crippen LogP contribution in [0.1, 0.15) is 69.4 Å². The van der Waals surface area contributed by atoms with Crippen LogP contribution in [0.3, 0.4) is 0 Å². The van der Waals surface area contributed by atoms with Gasteiger partial charge in [-0.2, -0.15) is 13.6 Å². The average Bonchev–Trinajstić information content (AvgIpc) is 3.03. The van der Waals surface area contributed by atoms with Crippen LogP contribution in [0.4, 0.5) is 0 Å². The highest BCUT2D eigenvalue weighted by Gasteiger charge is 2.56. The minimum absolute atomic E-state index is 0.0917. The van der Waals surface area contributed by atoms with E-state index in [1.54, 1.807) is 6.07 Å². The molecule has 1 amide bonds. The largest absolute Gasteiger partial charge is 0.380 e. The molecule has 2 N–H and O–H groups in total. The Kier molecular flexibility index (Phi) is 5.64. The van der Waals surface area contributed by atoms with Crippen LogP contribution in [0.25, 0.3) is 0 Å². The summed E-state index contributed by atoms with van der Waals surface area (Å²) in [6.45, 7) is 5.31. The Morgan fingerprint density at radius 1 is 1.27 bits per heavy atom. The van der Waals surface area contributed by atoms with E-state index >= 15 is 0 Å². The number of aryl methyl sites for hydroxylation is 1. The molecule has 30 heavy (non-hydrogen) atoms. The minimum atomic E-state index is -4.01. The second-order valence-electron chi connectivity index (χ2n) is 9.79. The minimum Gasteiger partial charge on any atom is -0.371 e. The smallest absolute Gasteiger partial charge is 0.371 e. The lowest BCUT2D eigenvalue weighted by Gasteiger charge is -2.51. The maximum absolute atomic E-state index is 13.2. The van der Waals surface area contributed by atoms with Crippen LogP contribution in [-0.2, 0) is 21.5 Å². The third-order valence-corrected chi connectivity index (χ3v) is 8.57. The summed E-state index contributed by atoms with van der Waals surface area (Å²) in [4.78, 5) is 15.1. The van der Waals surface area contributed by atoms with Crippen LogP contribution in [0, 0.1) is 23.2 Å². The molecular formula is C23H34N2O4S. The molecule has 2 saturated carbocycles. The van der Waals surface area contributed by atoms with Crippen LogP contribution >= 0.6 is 0 Å². The van der Waals surface area contributed by atoms with E-state index in [2.05, 4.69) is 13.8 Å². The molecule has 0 saturated heterocycles. The van der Waals surface area contributed by atoms with Gasteiger partial charge in [0.1, 0.15) is 5.75 Å². The molecule has 6 nitrogen and oxygen atoms in total. The fourth-order valence-corrected chi connectivity index (χ4v) is 7.23. The van der Waals surface area contributed by atoms with Gasteiger partial charge in [-0.1, -0.05) is 19.9 Å². The Bertz CT molecular complexity index is 931. The number of nitrogens with two attached hydrogens (primary N) is 1. The predicted molar refractivity (Wildman–Crippen MR) is 116 cm³/mol. The second kappa shape index (κ2) is 7.83. The molecule has 2 fully saturated rings. The number of amides is 1. The summed E-state index contributed by atoms with van der Waals surface area (Å²) in [5.41, 5.74) is 2.59. The van der Waals surface area contributed by atoms with Crippen LogP contribution in [-0.4, -0.2) is 32.8 Å². The first-order chi connectivity index (χ1) is 14.1. The molecule has 166 valence electrons. The van der Waals surface area contributed by atoms with E-state index in [-0.39, 0.29) is 11.3 Å². The first kappa shape index (κ1) is 21.6. The first-order valence-electron chi connectivity index (χ1n) is 11.2. The zero-order valence-corrected chi connectivity index (χ0v) is 19.1. The van der Waals surface area contributed by atoms with Crippen molar-refractivity contribution in [2.75, 3.05) is 13.6 Å². The number of nitrogens with zero attached hydrogens (tertiary/aromatic N) is 1. The Morgan fingerprint density at radius 2 is 2.03 bits per heavy atom. The van der Waals surface area contributed by atoms with E-state index in [1.165, 1.54) is 11.1 Å². The monoisotopic (exact) mass is 434 g/mol. The van der Waals surface area contributed by atoms with Crippen molar-refractivity contribution in [2.45, 2.75) is 64.7 Å². The maximum Gasteiger partial charge on any atom is 0.380 e. The molecule has 1 aromatic carbocycles. The molecule has 0 aliphatic heterocycles. The Balaban J connectivity index is 1.56. The van der Waals surface area contributed by atoms with Gasteiger partial charge in [-0.3, -0.25) is 4.79 Å². The average molecular weight is 435 g/mol. The van der Waals surface area contributed by atoms with Gasteiger partial charge >= 0.3 is 10.3 Å². The van der Waals surface area contributed by atoms with Gasteiger partial charge in [-0.25, -0.2) is 0 Å². The summed E-state index contributed by atoms with van der Waals surface area (Å²) in [7, 11) is -2.06. The molecule has 4 rings (SSSR count). The number of hydrogen-bond acceptors (Lipinski definition) is 4. The highest BCUT2D eigenvalue weighted by Crippen LogP contribution is 2.63. The molecule has 5 atom stereocenters. The van der Waals surface area contributed by atoms with Crippen molar-refractivity contribution in [3.05, 3.63) is 29.3 Å². The predicted octanol–water partition coefficient (Wildman–Crippen LogP) is 3.61. The fourth-order valence-electron chi connectivity index (χ4n) is 6.86. The number of rotatable bonds is 5. The molecule has 7 heteroatoms. The Hall–Kier alpha value is -1.60. The summed E-state index contributed by atoms with van der Waals surface area (Å²) in [5, 5.41) is 5.02. The van der Waals surface area contributed by atoms with E-state index in [4.69, 9.17) is 9.32 Å². The molecular weight excluding hydrogens is 400 g/mol. The normalized spacial score (nSPS) is 32.7. The van der Waals surface area contributed by atoms with E-state index in [0.717, 1.165) is 51.5 Å². The number of benzene rings is 1. The van der Waals surface area contributed by atoms with Gasteiger partial charge in [0.15, 0.2) is 0 Å². The summed E-state index contributed by atoms with van der Waals surface area (Å²) in [6, 6.07) is 5.59. The zero-order valence-electron chi connectivity index (χ0n) is 18.3. The Morgan fingerprint density at radius 3 is 2.73 bits per heavy atom. The van der Waals surface area contributed by atoms with Crippen molar-refractivity contribution in [1.82, 2.24) is 4.90 Å². The van der Waals surface area contributed by atoms with Crippen molar-refractivity contribution in [3.63, 3.8) is 0 Å². The van der Waals surface area contributed by atoms with E-state index in [1.807, 2.05) is 24.1 Å². The van der Waals surface area contributed by atoms with Gasteiger partial charge in [-0.05, 0) is 91.4 Å². The SMILES string of the molecule is CCCN(C)C(=O)C1CCC2C3CCc4cc(OS(N)(=O)=O)ccc4C3CCC12C. The van der Waals surface area contributed by atoms with E-state index in [0.29, 0.717) is 29.4 Å². The topological polar surface area (TPSA) is 89.7 Å². The summed E-state index contributed by atoms with van der Waals surface area (Å²) in [5.74, 6) is 2.43. The molecule has 0 aromatic heterocycles. The third kappa shape index (κ3) is 3.75. The van der Waals surface area contributed by atoms with Crippen molar-refractivity contribution in [2.24, 2.45) is 28.3 Å². The number of hydrogen-bond donors (Lipinski definition) is 1. The zero-order chi connectivity index (χ0) is 21.7. The highest BCUT2D eigenvalue weighted by molar-refractivity contribution is 7.84. The van der Waals surface area contributed by atoms with Gasteiger partial charge in [0.25, 0.3) is 0 Å². The van der Waals surface area contributed by atoms with Crippen LogP contribution in [0.5, 0.6) is 5.75 Å². The molecule has 3 aliphatic carbocycles. The molecule has 0 heterocycles. The van der Waals surface area contributed by atoms with Crippen LogP contribution in [0.15, 0.2) is 18.2 Å². The van der Waals surface area contributed by atoms with E-state index in [9.17, 15) is 13.2 Å². The van der Waals surface area contributed by atoms with Gasteiger partial charge in [0.2, 0.25) is 5.91 Å². The lowest BCUT2D eigenvalue weighted by atomic mass is 9.54. The molecule has 0 bridgehead atoms. The Labute approximate surface area is 180 Å². The van der Waals surface area contributed by atoms with Crippen molar-refractivity contribution in [3.8, 4) is 5.75 Å². The van der Waals surface area contributed by atoms with Crippen LogP contribution in [0.2, 0.25) is 0 Å². The van der Waals surface area contributed by atoms with Crippen molar-refractivity contribution in [1.29, 1.82) is 0 Å². The third-order valence-electron chi connectivity index (χ3n) is 8.14. The fraction of sp³-hybridized carbons (Fsp3) is 0.696. The first-order valence-corrected chi connectivity index (χ1v) is 12.7. The summed E-state index contributed by atoms with van der Waals surface area (Å²) in [6.07, 6.45) is 7.29. The van der Waals surface area contributed by atoms with Gasteiger partial charge in [-0.15, -0.1) is 0 Å². The standard InChI is InChI=1S/C23H34N2O4S/c1-4-13-25(3)22(26)21-10-9-20-19-7-5-15-14-16(29-30(24,27)28)6-8-17(15)18(19)11-12-23(20,21)2/h6,8,14,18-21H,4-5,7,9-13H2,1-3H3,(H2,24,27,28). The van der Waals surface area contributed by atoms with Crippen molar-refractivity contribution < 1.29 is 17.4 Å². The van der Waals surface area contributed by atoms with Gasteiger partial charge in [0, 0.05) is 19.5 Å². The second-order valence-corrected chi connectivity index (χ2v) is 10.9. The van der Waals surface area contributed by atoms with E-state index < -0.39 is 10.3 Å². The number of fused-ring (bicyclic) bond motifs is 5. The van der Waals surface area contributed by atoms with Crippen molar-refractivity contribution >= 4 is 16.2 Å². The quantitative estimate of drug-likeness (QED) is 0.767. The maximum atomic E-state index is 13.2. The van der Waals surface area contributed by atoms with Gasteiger partial charge < -0.3 is 9.08 Å². The molecule has 5 unspecified atom stereocenters. The van der Waals surface area contributed by atoms with Crippen LogP contribution < -0.4 is 9.32 Å². The molecule has 0 spiro atoms.